The van der Waals surface area contributed by atoms with E-state index in [4.69, 9.17) is 4.74 Å². The summed E-state index contributed by atoms with van der Waals surface area (Å²) < 4.78 is 47.3. The summed E-state index contributed by atoms with van der Waals surface area (Å²) in [6.07, 6.45) is 5.74. The maximum atomic E-state index is 13.4. The SMILES string of the molecule is C=C(/C=C(OC)\C(=C/C)C(=O)N1CCN(Cc2ccc(F)cn2)CC1)NS(=O)(=O)c1cccc2cccnc12. The highest BCUT2D eigenvalue weighted by Crippen LogP contribution is 2.22. The van der Waals surface area contributed by atoms with E-state index < -0.39 is 10.0 Å². The van der Waals surface area contributed by atoms with E-state index in [1.54, 1.807) is 48.2 Å². The van der Waals surface area contributed by atoms with Crippen molar-refractivity contribution in [2.45, 2.75) is 18.4 Å². The van der Waals surface area contributed by atoms with Crippen LogP contribution in [0.25, 0.3) is 10.9 Å². The zero-order valence-electron chi connectivity index (χ0n) is 21.8. The number of para-hydroxylation sites is 1. The molecule has 1 amide bonds. The normalized spacial score (nSPS) is 15.3. The molecule has 0 spiro atoms. The van der Waals surface area contributed by atoms with Gasteiger partial charge in [0.25, 0.3) is 15.9 Å². The zero-order chi connectivity index (χ0) is 28.0. The van der Waals surface area contributed by atoms with Crippen molar-refractivity contribution in [1.82, 2.24) is 24.5 Å². The van der Waals surface area contributed by atoms with E-state index in [1.807, 2.05) is 0 Å². The number of hydrogen-bond acceptors (Lipinski definition) is 7. The number of sulfonamides is 1. The van der Waals surface area contributed by atoms with Crippen molar-refractivity contribution in [3.63, 3.8) is 0 Å². The van der Waals surface area contributed by atoms with E-state index in [1.165, 1.54) is 37.7 Å². The standard InChI is InChI=1S/C28H30FN5O4S/c1-4-24(28(35)34-15-13-33(14-16-34)19-23-11-10-22(29)18-31-23)25(38-3)17-20(2)32-39(36,37)26-9-5-7-21-8-6-12-30-27(21)26/h4-12,17-18,32H,2,13-16,19H2,1,3H3/b24-4+,25-17+. The fourth-order valence-electron chi connectivity index (χ4n) is 4.33. The number of methoxy groups -OCH3 is 1. The molecule has 1 saturated heterocycles. The molecule has 4 rings (SSSR count). The molecule has 9 nitrogen and oxygen atoms in total. The van der Waals surface area contributed by atoms with Gasteiger partial charge >= 0.3 is 0 Å². The first-order chi connectivity index (χ1) is 18.7. The molecule has 1 aromatic carbocycles. The molecule has 1 aliphatic heterocycles. The second-order valence-corrected chi connectivity index (χ2v) is 10.6. The first kappa shape index (κ1) is 27.9. The van der Waals surface area contributed by atoms with Crippen LogP contribution in [0.15, 0.2) is 95.5 Å². The summed E-state index contributed by atoms with van der Waals surface area (Å²) in [7, 11) is -2.60. The van der Waals surface area contributed by atoms with Crippen LogP contribution >= 0.6 is 0 Å². The number of rotatable bonds is 9. The molecule has 0 atom stereocenters. The average molecular weight is 552 g/mol. The summed E-state index contributed by atoms with van der Waals surface area (Å²) in [6.45, 7) is 8.31. The Morgan fingerprint density at radius 3 is 2.54 bits per heavy atom. The Labute approximate surface area is 227 Å². The minimum Gasteiger partial charge on any atom is -0.496 e. The fourth-order valence-corrected chi connectivity index (χ4v) is 5.53. The van der Waals surface area contributed by atoms with Crippen molar-refractivity contribution < 1.29 is 22.3 Å². The van der Waals surface area contributed by atoms with Crippen LogP contribution in [-0.4, -0.2) is 67.4 Å². The van der Waals surface area contributed by atoms with Crippen molar-refractivity contribution in [1.29, 1.82) is 0 Å². The molecule has 1 fully saturated rings. The van der Waals surface area contributed by atoms with Gasteiger partial charge in [0.1, 0.15) is 16.5 Å². The lowest BCUT2D eigenvalue weighted by Crippen LogP contribution is -2.48. The number of allylic oxidation sites excluding steroid dienone is 2. The summed E-state index contributed by atoms with van der Waals surface area (Å²) in [5.74, 6) is -0.431. The molecule has 39 heavy (non-hydrogen) atoms. The third-order valence-corrected chi connectivity index (χ3v) is 7.73. The van der Waals surface area contributed by atoms with Gasteiger partial charge in [-0.2, -0.15) is 0 Å². The minimum absolute atomic E-state index is 0.0187. The molecule has 204 valence electrons. The Kier molecular flexibility index (Phi) is 8.72. The van der Waals surface area contributed by atoms with Gasteiger partial charge in [0, 0.05) is 56.1 Å². The highest BCUT2D eigenvalue weighted by Gasteiger charge is 2.26. The largest absolute Gasteiger partial charge is 0.496 e. The predicted molar refractivity (Wildman–Crippen MR) is 146 cm³/mol. The van der Waals surface area contributed by atoms with Crippen LogP contribution in [0.2, 0.25) is 0 Å². The van der Waals surface area contributed by atoms with Crippen molar-refractivity contribution in [2.75, 3.05) is 33.3 Å². The van der Waals surface area contributed by atoms with E-state index >= 15 is 0 Å². The Bertz CT molecular complexity index is 1520. The van der Waals surface area contributed by atoms with Crippen LogP contribution in [0, 0.1) is 5.82 Å². The predicted octanol–water partition coefficient (Wildman–Crippen LogP) is 3.38. The van der Waals surface area contributed by atoms with E-state index in [0.29, 0.717) is 49.2 Å². The summed E-state index contributed by atoms with van der Waals surface area (Å²) in [4.78, 5) is 25.5. The van der Waals surface area contributed by atoms with E-state index in [0.717, 1.165) is 5.69 Å². The molecule has 1 aliphatic rings. The maximum absolute atomic E-state index is 13.4. The van der Waals surface area contributed by atoms with Crippen molar-refractivity contribution in [2.24, 2.45) is 0 Å². The van der Waals surface area contributed by atoms with Gasteiger partial charge in [-0.25, -0.2) is 12.8 Å². The number of fused-ring (bicyclic) bond motifs is 1. The van der Waals surface area contributed by atoms with Gasteiger partial charge in [-0.05, 0) is 31.2 Å². The molecule has 0 unspecified atom stereocenters. The summed E-state index contributed by atoms with van der Waals surface area (Å²) >= 11 is 0. The zero-order valence-corrected chi connectivity index (χ0v) is 22.6. The van der Waals surface area contributed by atoms with Gasteiger partial charge in [-0.3, -0.25) is 24.4 Å². The van der Waals surface area contributed by atoms with Gasteiger partial charge in [0.2, 0.25) is 0 Å². The fraction of sp³-hybridized carbons (Fsp3) is 0.250. The number of carbonyl (C=O) groups excluding carboxylic acids is 1. The third kappa shape index (κ3) is 6.68. The number of ether oxygens (including phenoxy) is 1. The number of halogens is 1. The third-order valence-electron chi connectivity index (χ3n) is 6.29. The first-order valence-corrected chi connectivity index (χ1v) is 13.8. The smallest absolute Gasteiger partial charge is 0.264 e. The molecular weight excluding hydrogens is 521 g/mol. The minimum atomic E-state index is -4.01. The quantitative estimate of drug-likeness (QED) is 0.247. The number of hydrogen-bond donors (Lipinski definition) is 1. The molecule has 2 aromatic heterocycles. The van der Waals surface area contributed by atoms with E-state index in [-0.39, 0.29) is 28.1 Å². The molecule has 11 heteroatoms. The van der Waals surface area contributed by atoms with Crippen LogP contribution in [0.5, 0.6) is 0 Å². The Morgan fingerprint density at radius 2 is 1.87 bits per heavy atom. The maximum Gasteiger partial charge on any atom is 0.264 e. The molecule has 3 aromatic rings. The molecule has 0 radical (unpaired) electrons. The van der Waals surface area contributed by atoms with Crippen LogP contribution in [0.1, 0.15) is 12.6 Å². The number of aromatic nitrogens is 2. The van der Waals surface area contributed by atoms with Gasteiger partial charge in [-0.15, -0.1) is 0 Å². The topological polar surface area (TPSA) is 105 Å². The highest BCUT2D eigenvalue weighted by atomic mass is 32.2. The van der Waals surface area contributed by atoms with Crippen LogP contribution < -0.4 is 4.72 Å². The number of nitrogens with zero attached hydrogens (tertiary/aromatic N) is 4. The molecule has 0 bridgehead atoms. The second kappa shape index (κ2) is 12.2. The van der Waals surface area contributed by atoms with Crippen LogP contribution in [0.3, 0.4) is 0 Å². The molecule has 0 saturated carbocycles. The molecule has 0 aliphatic carbocycles. The lowest BCUT2D eigenvalue weighted by molar-refractivity contribution is -0.129. The van der Waals surface area contributed by atoms with Crippen molar-refractivity contribution >= 4 is 26.8 Å². The monoisotopic (exact) mass is 551 g/mol. The number of piperazine rings is 1. The van der Waals surface area contributed by atoms with Crippen molar-refractivity contribution in [3.8, 4) is 0 Å². The molecule has 1 N–H and O–H groups in total. The number of benzene rings is 1. The van der Waals surface area contributed by atoms with Gasteiger partial charge < -0.3 is 9.64 Å². The molecule has 3 heterocycles. The van der Waals surface area contributed by atoms with E-state index in [2.05, 4.69) is 26.2 Å². The molecular formula is C28H30FN5O4S. The Morgan fingerprint density at radius 1 is 1.13 bits per heavy atom. The summed E-state index contributed by atoms with van der Waals surface area (Å²) in [6, 6.07) is 11.4. The number of pyridine rings is 2. The Balaban J connectivity index is 1.42. The van der Waals surface area contributed by atoms with Crippen LogP contribution in [-0.2, 0) is 26.1 Å². The summed E-state index contributed by atoms with van der Waals surface area (Å²) in [5, 5.41) is 0.690. The highest BCUT2D eigenvalue weighted by molar-refractivity contribution is 7.89. The average Bonchev–Trinajstić information content (AvgIpc) is 2.93. The van der Waals surface area contributed by atoms with E-state index in [9.17, 15) is 17.6 Å². The first-order valence-electron chi connectivity index (χ1n) is 12.3. The second-order valence-electron chi connectivity index (χ2n) is 8.91. The lowest BCUT2D eigenvalue weighted by Gasteiger charge is -2.35. The number of carbonyl (C=O) groups is 1. The van der Waals surface area contributed by atoms with Gasteiger partial charge in [0.15, 0.2) is 0 Å². The summed E-state index contributed by atoms with van der Waals surface area (Å²) in [5.41, 5.74) is 1.42. The lowest BCUT2D eigenvalue weighted by atomic mass is 10.1. The number of nitrogens with one attached hydrogen (secondary N) is 1. The Hall–Kier alpha value is -4.09. The number of amides is 1. The van der Waals surface area contributed by atoms with Gasteiger partial charge in [-0.1, -0.05) is 30.9 Å². The van der Waals surface area contributed by atoms with Crippen LogP contribution in [0.4, 0.5) is 4.39 Å². The van der Waals surface area contributed by atoms with Gasteiger partial charge in [0.05, 0.1) is 30.1 Å². The van der Waals surface area contributed by atoms with Crippen molar-refractivity contribution in [3.05, 3.63) is 102 Å².